The van der Waals surface area contributed by atoms with E-state index < -0.39 is 52.3 Å². The molecule has 1 aliphatic rings. The number of sulfone groups is 1. The predicted octanol–water partition coefficient (Wildman–Crippen LogP) is 5.61. The van der Waals surface area contributed by atoms with Crippen molar-refractivity contribution in [3.05, 3.63) is 70.7 Å². The standard InChI is InChI=1S/C28H27F5N4O5S2/c1-2-44(39,40)22-9-3-17(4-10-22)23(11-12-34)35-25(38)24-16-43-27(36-24)37-14-21(13-19(37)15-41-26(29)30)42-20-7-5-18(6-8-20)28(31,32)33/h3-10,16,19,21,23,26H,2,11,13-15H2,1H3,(H,35,38)/t19-,21-,23-/m0/s1. The number of alkyl halides is 5. The van der Waals surface area contributed by atoms with Crippen molar-refractivity contribution in [2.24, 2.45) is 0 Å². The fraction of sp³-hybridized carbons (Fsp3) is 0.393. The minimum absolute atomic E-state index is 0.00115. The molecule has 44 heavy (non-hydrogen) atoms. The van der Waals surface area contributed by atoms with Gasteiger partial charge in [-0.15, -0.1) is 11.3 Å². The number of halogens is 5. The lowest BCUT2D eigenvalue weighted by molar-refractivity contribution is -0.137. The zero-order valence-corrected chi connectivity index (χ0v) is 24.8. The van der Waals surface area contributed by atoms with E-state index in [4.69, 9.17) is 4.74 Å². The van der Waals surface area contributed by atoms with Crippen LogP contribution in [0.4, 0.5) is 27.1 Å². The van der Waals surface area contributed by atoms with Crippen molar-refractivity contribution in [2.45, 2.75) is 55.6 Å². The molecular formula is C28H27F5N4O5S2. The van der Waals surface area contributed by atoms with Crippen LogP contribution in [0.3, 0.4) is 0 Å². The smallest absolute Gasteiger partial charge is 0.416 e. The summed E-state index contributed by atoms with van der Waals surface area (Å²) in [5.74, 6) is -0.526. The normalized spacial score (nSPS) is 17.8. The molecule has 0 spiro atoms. The second kappa shape index (κ2) is 13.9. The number of hydrogen-bond donors (Lipinski definition) is 1. The topological polar surface area (TPSA) is 122 Å². The third-order valence-electron chi connectivity index (χ3n) is 6.87. The van der Waals surface area contributed by atoms with Crippen molar-refractivity contribution in [1.29, 1.82) is 5.26 Å². The summed E-state index contributed by atoms with van der Waals surface area (Å²) in [6.45, 7) is -1.76. The molecule has 1 N–H and O–H groups in total. The highest BCUT2D eigenvalue weighted by molar-refractivity contribution is 7.91. The van der Waals surface area contributed by atoms with Gasteiger partial charge in [0, 0.05) is 11.8 Å². The number of hydrogen-bond acceptors (Lipinski definition) is 9. The molecule has 0 aliphatic carbocycles. The van der Waals surface area contributed by atoms with Crippen molar-refractivity contribution < 1.29 is 44.6 Å². The number of nitriles is 1. The third kappa shape index (κ3) is 8.21. The number of ether oxygens (including phenoxy) is 2. The molecule has 1 aliphatic heterocycles. The number of carbonyl (C=O) groups excluding carboxylic acids is 1. The fourth-order valence-corrected chi connectivity index (χ4v) is 6.37. The van der Waals surface area contributed by atoms with E-state index in [1.165, 1.54) is 48.7 Å². The number of nitrogens with one attached hydrogen (secondary N) is 1. The molecule has 1 fully saturated rings. The summed E-state index contributed by atoms with van der Waals surface area (Å²) >= 11 is 1.07. The SMILES string of the molecule is CCS(=O)(=O)c1ccc([C@H](CC#N)NC(=O)c2csc(N3C[C@@H](Oc4ccc(C(F)(F)F)cc4)C[C@H]3COC(F)F)n2)cc1. The van der Waals surface area contributed by atoms with E-state index in [0.29, 0.717) is 10.7 Å². The number of rotatable bonds is 12. The average molecular weight is 659 g/mol. The van der Waals surface area contributed by atoms with E-state index in [1.54, 1.807) is 4.90 Å². The van der Waals surface area contributed by atoms with E-state index in [1.807, 2.05) is 6.07 Å². The highest BCUT2D eigenvalue weighted by atomic mass is 32.2. The molecule has 2 heterocycles. The summed E-state index contributed by atoms with van der Waals surface area (Å²) in [5.41, 5.74) is -0.329. The van der Waals surface area contributed by atoms with Crippen LogP contribution in [-0.2, 0) is 20.8 Å². The monoisotopic (exact) mass is 658 g/mol. The van der Waals surface area contributed by atoms with Crippen LogP contribution in [0.25, 0.3) is 0 Å². The van der Waals surface area contributed by atoms with Crippen molar-refractivity contribution in [1.82, 2.24) is 10.3 Å². The Morgan fingerprint density at radius 2 is 1.86 bits per heavy atom. The minimum atomic E-state index is -4.51. The summed E-state index contributed by atoms with van der Waals surface area (Å²) < 4.78 is 98.9. The zero-order valence-electron chi connectivity index (χ0n) is 23.1. The molecule has 4 rings (SSSR count). The van der Waals surface area contributed by atoms with Gasteiger partial charge in [0.05, 0.1) is 53.9 Å². The fourth-order valence-electron chi connectivity index (χ4n) is 4.60. The van der Waals surface area contributed by atoms with Crippen LogP contribution in [0.15, 0.2) is 58.8 Å². The molecule has 2 aromatic carbocycles. The summed E-state index contributed by atoms with van der Waals surface area (Å²) in [6, 6.07) is 10.6. The van der Waals surface area contributed by atoms with Gasteiger partial charge in [-0.3, -0.25) is 4.79 Å². The van der Waals surface area contributed by atoms with Gasteiger partial charge in [-0.1, -0.05) is 19.1 Å². The van der Waals surface area contributed by atoms with Crippen LogP contribution in [0.5, 0.6) is 5.75 Å². The highest BCUT2D eigenvalue weighted by Crippen LogP contribution is 2.34. The first-order chi connectivity index (χ1) is 20.8. The van der Waals surface area contributed by atoms with E-state index in [9.17, 15) is 40.4 Å². The lowest BCUT2D eigenvalue weighted by atomic mass is 10.0. The highest BCUT2D eigenvalue weighted by Gasteiger charge is 2.37. The van der Waals surface area contributed by atoms with Gasteiger partial charge < -0.3 is 19.7 Å². The molecule has 1 aromatic heterocycles. The van der Waals surface area contributed by atoms with E-state index in [0.717, 1.165) is 23.5 Å². The van der Waals surface area contributed by atoms with Crippen molar-refractivity contribution in [3.63, 3.8) is 0 Å². The number of thiazole rings is 1. The lowest BCUT2D eigenvalue weighted by Gasteiger charge is -2.23. The Balaban J connectivity index is 1.47. The lowest BCUT2D eigenvalue weighted by Crippen LogP contribution is -2.34. The van der Waals surface area contributed by atoms with Gasteiger partial charge in [0.2, 0.25) is 0 Å². The van der Waals surface area contributed by atoms with E-state index in [2.05, 4.69) is 15.0 Å². The number of anilines is 1. The van der Waals surface area contributed by atoms with Gasteiger partial charge in [-0.05, 0) is 42.0 Å². The second-order valence-electron chi connectivity index (χ2n) is 9.77. The van der Waals surface area contributed by atoms with Gasteiger partial charge in [-0.2, -0.15) is 27.2 Å². The van der Waals surface area contributed by atoms with E-state index >= 15 is 0 Å². The van der Waals surface area contributed by atoms with Crippen LogP contribution < -0.4 is 15.0 Å². The van der Waals surface area contributed by atoms with Gasteiger partial charge in [0.1, 0.15) is 17.5 Å². The molecule has 0 unspecified atom stereocenters. The van der Waals surface area contributed by atoms with Crippen LogP contribution in [0.1, 0.15) is 47.4 Å². The van der Waals surface area contributed by atoms with Crippen molar-refractivity contribution in [2.75, 3.05) is 23.8 Å². The molecule has 16 heteroatoms. The molecule has 3 aromatic rings. The quantitative estimate of drug-likeness (QED) is 0.250. The number of carbonyl (C=O) groups is 1. The predicted molar refractivity (Wildman–Crippen MR) is 150 cm³/mol. The maximum absolute atomic E-state index is 13.1. The molecule has 1 saturated heterocycles. The maximum Gasteiger partial charge on any atom is 0.416 e. The Labute approximate surface area is 254 Å². The number of benzene rings is 2. The first kappa shape index (κ1) is 33.1. The summed E-state index contributed by atoms with van der Waals surface area (Å²) in [6.07, 6.45) is -5.02. The third-order valence-corrected chi connectivity index (χ3v) is 9.50. The van der Waals surface area contributed by atoms with Gasteiger partial charge in [-0.25, -0.2) is 13.4 Å². The van der Waals surface area contributed by atoms with Crippen LogP contribution in [0, 0.1) is 11.3 Å². The summed E-state index contributed by atoms with van der Waals surface area (Å²) in [5, 5.41) is 13.8. The van der Waals surface area contributed by atoms with Crippen LogP contribution >= 0.6 is 11.3 Å². The van der Waals surface area contributed by atoms with Crippen LogP contribution in [0.2, 0.25) is 0 Å². The minimum Gasteiger partial charge on any atom is -0.489 e. The van der Waals surface area contributed by atoms with Gasteiger partial charge in [0.25, 0.3) is 5.91 Å². The van der Waals surface area contributed by atoms with Gasteiger partial charge in [0.15, 0.2) is 15.0 Å². The average Bonchev–Trinajstić information content (AvgIpc) is 3.63. The molecule has 9 nitrogen and oxygen atoms in total. The number of aromatic nitrogens is 1. The molecule has 1 amide bonds. The first-order valence-corrected chi connectivity index (χ1v) is 15.8. The van der Waals surface area contributed by atoms with Crippen LogP contribution in [-0.4, -0.2) is 57.0 Å². The van der Waals surface area contributed by atoms with E-state index in [-0.39, 0.29) is 48.1 Å². The zero-order chi connectivity index (χ0) is 32.1. The molecule has 0 bridgehead atoms. The largest absolute Gasteiger partial charge is 0.489 e. The number of nitrogens with zero attached hydrogens (tertiary/aromatic N) is 3. The Hall–Kier alpha value is -3.81. The first-order valence-electron chi connectivity index (χ1n) is 13.3. The van der Waals surface area contributed by atoms with Crippen molar-refractivity contribution in [3.8, 4) is 11.8 Å². The van der Waals surface area contributed by atoms with Gasteiger partial charge >= 0.3 is 12.8 Å². The Morgan fingerprint density at radius 1 is 1.18 bits per heavy atom. The Bertz CT molecular complexity index is 1580. The van der Waals surface area contributed by atoms with Crippen molar-refractivity contribution >= 4 is 32.2 Å². The summed E-state index contributed by atoms with van der Waals surface area (Å²) in [4.78, 5) is 19.2. The summed E-state index contributed by atoms with van der Waals surface area (Å²) in [7, 11) is -3.43. The second-order valence-corrected chi connectivity index (χ2v) is 12.9. The molecule has 236 valence electrons. The number of amides is 1. The molecular weight excluding hydrogens is 631 g/mol. The Morgan fingerprint density at radius 3 is 2.45 bits per heavy atom. The molecule has 3 atom stereocenters. The maximum atomic E-state index is 13.1. The molecule has 0 radical (unpaired) electrons. The Kier molecular flexibility index (Phi) is 10.4. The molecule has 0 saturated carbocycles.